The Balaban J connectivity index is 1.76. The van der Waals surface area contributed by atoms with E-state index in [1.807, 2.05) is 22.9 Å². The van der Waals surface area contributed by atoms with Gasteiger partial charge < -0.3 is 10.4 Å². The molecule has 6 nitrogen and oxygen atoms in total. The first-order chi connectivity index (χ1) is 9.36. The van der Waals surface area contributed by atoms with Gasteiger partial charge in [0, 0.05) is 6.04 Å². The molecule has 1 fully saturated rings. The van der Waals surface area contributed by atoms with Crippen molar-refractivity contribution >= 4 is 0 Å². The fraction of sp³-hybridized carbons (Fsp3) is 0.462. The summed E-state index contributed by atoms with van der Waals surface area (Å²) >= 11 is 0. The van der Waals surface area contributed by atoms with Crippen molar-refractivity contribution in [2.75, 3.05) is 6.61 Å². The van der Waals surface area contributed by atoms with Crippen LogP contribution >= 0.6 is 0 Å². The minimum Gasteiger partial charge on any atom is -0.395 e. The number of hydrogen-bond donors (Lipinski definition) is 2. The molecule has 2 aromatic rings. The number of nitrogens with one attached hydrogen (secondary N) is 1. The maximum absolute atomic E-state index is 9.16. The van der Waals surface area contributed by atoms with E-state index in [0.717, 1.165) is 18.7 Å². The highest BCUT2D eigenvalue weighted by atomic mass is 16.3. The predicted octanol–water partition coefficient (Wildman–Crippen LogP) is 0.507. The summed E-state index contributed by atoms with van der Waals surface area (Å²) in [5, 5.41) is 24.5. The van der Waals surface area contributed by atoms with Gasteiger partial charge in [-0.05, 0) is 28.8 Å². The van der Waals surface area contributed by atoms with Crippen LogP contribution in [-0.2, 0) is 6.54 Å². The Kier molecular flexibility index (Phi) is 3.52. The molecule has 2 atom stereocenters. The van der Waals surface area contributed by atoms with Gasteiger partial charge in [-0.3, -0.25) is 0 Å². The molecule has 1 saturated heterocycles. The van der Waals surface area contributed by atoms with E-state index in [0.29, 0.717) is 6.54 Å². The molecule has 0 aliphatic carbocycles. The van der Waals surface area contributed by atoms with Crippen LogP contribution < -0.4 is 5.32 Å². The van der Waals surface area contributed by atoms with Crippen molar-refractivity contribution in [1.82, 2.24) is 25.5 Å². The average Bonchev–Trinajstić information content (AvgIpc) is 3.08. The van der Waals surface area contributed by atoms with Crippen molar-refractivity contribution in [2.24, 2.45) is 0 Å². The number of aliphatic hydroxyl groups is 1. The van der Waals surface area contributed by atoms with E-state index in [-0.39, 0.29) is 18.7 Å². The second kappa shape index (κ2) is 5.46. The van der Waals surface area contributed by atoms with Crippen molar-refractivity contribution in [3.05, 3.63) is 41.7 Å². The SMILES string of the molecule is OC[C@@H]1CC[C@@H](c2nnnn2Cc2ccccc2)N1. The first-order valence-electron chi connectivity index (χ1n) is 6.53. The minimum absolute atomic E-state index is 0.135. The molecule has 1 aliphatic heterocycles. The summed E-state index contributed by atoms with van der Waals surface area (Å²) in [4.78, 5) is 0. The van der Waals surface area contributed by atoms with Crippen molar-refractivity contribution in [3.8, 4) is 0 Å². The van der Waals surface area contributed by atoms with E-state index in [2.05, 4.69) is 33.0 Å². The van der Waals surface area contributed by atoms with Crippen molar-refractivity contribution in [1.29, 1.82) is 0 Å². The Morgan fingerprint density at radius 2 is 2.11 bits per heavy atom. The molecule has 19 heavy (non-hydrogen) atoms. The lowest BCUT2D eigenvalue weighted by Crippen LogP contribution is -2.29. The quantitative estimate of drug-likeness (QED) is 0.836. The molecule has 0 spiro atoms. The van der Waals surface area contributed by atoms with E-state index in [1.165, 1.54) is 5.56 Å². The number of aromatic nitrogens is 4. The van der Waals surface area contributed by atoms with E-state index in [9.17, 15) is 0 Å². The summed E-state index contributed by atoms with van der Waals surface area (Å²) in [7, 11) is 0. The topological polar surface area (TPSA) is 75.9 Å². The molecule has 100 valence electrons. The van der Waals surface area contributed by atoms with Crippen LogP contribution in [-0.4, -0.2) is 38.0 Å². The Morgan fingerprint density at radius 3 is 2.84 bits per heavy atom. The molecule has 0 saturated carbocycles. The standard InChI is InChI=1S/C13H17N5O/c19-9-11-6-7-12(14-11)13-15-16-17-18(13)8-10-4-2-1-3-5-10/h1-5,11-12,14,19H,6-9H2/t11-,12-/m0/s1. The molecule has 1 aromatic carbocycles. The molecular weight excluding hydrogens is 242 g/mol. The third-order valence-electron chi connectivity index (χ3n) is 3.51. The smallest absolute Gasteiger partial charge is 0.168 e. The largest absolute Gasteiger partial charge is 0.395 e. The lowest BCUT2D eigenvalue weighted by Gasteiger charge is -2.12. The van der Waals surface area contributed by atoms with E-state index in [4.69, 9.17) is 5.11 Å². The van der Waals surface area contributed by atoms with Gasteiger partial charge in [-0.15, -0.1) is 5.10 Å². The van der Waals surface area contributed by atoms with Gasteiger partial charge >= 0.3 is 0 Å². The molecule has 3 rings (SSSR count). The molecule has 6 heteroatoms. The van der Waals surface area contributed by atoms with Gasteiger partial charge in [0.25, 0.3) is 0 Å². The molecule has 1 aromatic heterocycles. The zero-order valence-corrected chi connectivity index (χ0v) is 10.6. The second-order valence-corrected chi connectivity index (χ2v) is 4.86. The van der Waals surface area contributed by atoms with Gasteiger partial charge in [-0.1, -0.05) is 30.3 Å². The summed E-state index contributed by atoms with van der Waals surface area (Å²) in [5.74, 6) is 0.847. The lowest BCUT2D eigenvalue weighted by molar-refractivity contribution is 0.251. The average molecular weight is 259 g/mol. The summed E-state index contributed by atoms with van der Waals surface area (Å²) in [5.41, 5.74) is 1.17. The van der Waals surface area contributed by atoms with Gasteiger partial charge in [-0.25, -0.2) is 4.68 Å². The molecule has 0 amide bonds. The Labute approximate surface area is 111 Å². The second-order valence-electron chi connectivity index (χ2n) is 4.86. The zero-order valence-electron chi connectivity index (χ0n) is 10.6. The summed E-state index contributed by atoms with van der Waals surface area (Å²) in [6.45, 7) is 0.835. The first kappa shape index (κ1) is 12.3. The molecule has 2 N–H and O–H groups in total. The molecule has 2 heterocycles. The third-order valence-corrected chi connectivity index (χ3v) is 3.51. The number of nitrogens with zero attached hydrogens (tertiary/aromatic N) is 4. The molecule has 0 bridgehead atoms. The van der Waals surface area contributed by atoms with Crippen LogP contribution in [0.2, 0.25) is 0 Å². The van der Waals surface area contributed by atoms with E-state index < -0.39 is 0 Å². The number of tetrazole rings is 1. The first-order valence-corrected chi connectivity index (χ1v) is 6.53. The maximum atomic E-state index is 9.16. The lowest BCUT2D eigenvalue weighted by atomic mass is 10.2. The summed E-state index contributed by atoms with van der Waals surface area (Å²) < 4.78 is 1.83. The number of benzene rings is 1. The van der Waals surface area contributed by atoms with Crippen molar-refractivity contribution < 1.29 is 5.11 Å². The number of hydrogen-bond acceptors (Lipinski definition) is 5. The van der Waals surface area contributed by atoms with Gasteiger partial charge in [-0.2, -0.15) is 0 Å². The van der Waals surface area contributed by atoms with Gasteiger partial charge in [0.2, 0.25) is 0 Å². The highest BCUT2D eigenvalue weighted by molar-refractivity contribution is 5.15. The van der Waals surface area contributed by atoms with Crippen molar-refractivity contribution in [3.63, 3.8) is 0 Å². The van der Waals surface area contributed by atoms with Gasteiger partial charge in [0.05, 0.1) is 19.2 Å². The zero-order chi connectivity index (χ0) is 13.1. The van der Waals surface area contributed by atoms with Crippen LogP contribution in [0.25, 0.3) is 0 Å². The summed E-state index contributed by atoms with van der Waals surface area (Å²) in [6.07, 6.45) is 1.92. The van der Waals surface area contributed by atoms with E-state index >= 15 is 0 Å². The van der Waals surface area contributed by atoms with Crippen LogP contribution in [0.1, 0.15) is 30.3 Å². The predicted molar refractivity (Wildman–Crippen MR) is 69.3 cm³/mol. The van der Waals surface area contributed by atoms with Gasteiger partial charge in [0.15, 0.2) is 5.82 Å². The normalized spacial score (nSPS) is 22.8. The monoisotopic (exact) mass is 259 g/mol. The Hall–Kier alpha value is -1.79. The Morgan fingerprint density at radius 1 is 1.26 bits per heavy atom. The fourth-order valence-electron chi connectivity index (χ4n) is 2.50. The molecule has 0 unspecified atom stereocenters. The molecular formula is C13H17N5O. The fourth-order valence-corrected chi connectivity index (χ4v) is 2.50. The van der Waals surface area contributed by atoms with Crippen LogP contribution in [0.3, 0.4) is 0 Å². The third kappa shape index (κ3) is 2.64. The van der Waals surface area contributed by atoms with E-state index in [1.54, 1.807) is 0 Å². The van der Waals surface area contributed by atoms with Crippen LogP contribution in [0, 0.1) is 0 Å². The van der Waals surface area contributed by atoms with Crippen molar-refractivity contribution in [2.45, 2.75) is 31.5 Å². The van der Waals surface area contributed by atoms with Crippen LogP contribution in [0.5, 0.6) is 0 Å². The minimum atomic E-state index is 0.135. The Bertz CT molecular complexity index is 527. The highest BCUT2D eigenvalue weighted by Gasteiger charge is 2.28. The number of aliphatic hydroxyl groups excluding tert-OH is 1. The number of rotatable bonds is 4. The van der Waals surface area contributed by atoms with Crippen LogP contribution in [0.15, 0.2) is 30.3 Å². The van der Waals surface area contributed by atoms with Gasteiger partial charge in [0.1, 0.15) is 0 Å². The molecule has 1 aliphatic rings. The highest BCUT2D eigenvalue weighted by Crippen LogP contribution is 2.24. The molecule has 0 radical (unpaired) electrons. The summed E-state index contributed by atoms with van der Waals surface area (Å²) in [6, 6.07) is 10.4. The van der Waals surface area contributed by atoms with Crippen LogP contribution in [0.4, 0.5) is 0 Å². The maximum Gasteiger partial charge on any atom is 0.168 e.